The highest BCUT2D eigenvalue weighted by Crippen LogP contribution is 2.15. The molecule has 1 aromatic heterocycles. The first-order chi connectivity index (χ1) is 8.61. The predicted octanol–water partition coefficient (Wildman–Crippen LogP) is 1.96. The van der Waals surface area contributed by atoms with Gasteiger partial charge in [-0.05, 0) is 31.2 Å². The van der Waals surface area contributed by atoms with Gasteiger partial charge in [0.05, 0.1) is 5.69 Å². The van der Waals surface area contributed by atoms with Crippen LogP contribution < -0.4 is 5.73 Å². The van der Waals surface area contributed by atoms with Crippen molar-refractivity contribution in [3.05, 3.63) is 52.9 Å². The van der Waals surface area contributed by atoms with Crippen LogP contribution in [0.3, 0.4) is 0 Å². The van der Waals surface area contributed by atoms with Crippen molar-refractivity contribution in [2.24, 2.45) is 12.8 Å². The molecule has 2 aromatic rings. The zero-order valence-electron chi connectivity index (χ0n) is 10.8. The van der Waals surface area contributed by atoms with Gasteiger partial charge in [-0.15, -0.1) is 0 Å². The monoisotopic (exact) mass is 247 g/mol. The SMILES string of the molecule is Cc1nc(CCN)n(C)c1Cc1ccc(F)cc1. The molecule has 0 fully saturated rings. The highest BCUT2D eigenvalue weighted by Gasteiger charge is 2.11. The molecule has 1 aromatic carbocycles. The Balaban J connectivity index is 2.26. The Morgan fingerprint density at radius 3 is 2.56 bits per heavy atom. The summed E-state index contributed by atoms with van der Waals surface area (Å²) >= 11 is 0. The molecule has 0 saturated heterocycles. The van der Waals surface area contributed by atoms with E-state index in [1.807, 2.05) is 26.1 Å². The van der Waals surface area contributed by atoms with Gasteiger partial charge in [0.25, 0.3) is 0 Å². The average Bonchev–Trinajstić information content (AvgIpc) is 2.60. The second-order valence-electron chi connectivity index (χ2n) is 4.46. The minimum Gasteiger partial charge on any atom is -0.334 e. The van der Waals surface area contributed by atoms with Crippen molar-refractivity contribution < 1.29 is 4.39 Å². The van der Waals surface area contributed by atoms with Crippen LogP contribution in [0.5, 0.6) is 0 Å². The molecule has 0 unspecified atom stereocenters. The van der Waals surface area contributed by atoms with E-state index in [-0.39, 0.29) is 5.82 Å². The molecule has 0 spiro atoms. The number of benzene rings is 1. The normalized spacial score (nSPS) is 10.9. The van der Waals surface area contributed by atoms with E-state index in [2.05, 4.69) is 9.55 Å². The summed E-state index contributed by atoms with van der Waals surface area (Å²) in [6, 6.07) is 6.60. The maximum atomic E-state index is 12.9. The Bertz CT molecular complexity index is 529. The van der Waals surface area contributed by atoms with Crippen LogP contribution >= 0.6 is 0 Å². The second kappa shape index (κ2) is 5.31. The topological polar surface area (TPSA) is 43.8 Å². The molecule has 0 aliphatic carbocycles. The molecular weight excluding hydrogens is 229 g/mol. The summed E-state index contributed by atoms with van der Waals surface area (Å²) < 4.78 is 14.9. The predicted molar refractivity (Wildman–Crippen MR) is 69.9 cm³/mol. The zero-order valence-corrected chi connectivity index (χ0v) is 10.8. The minimum atomic E-state index is -0.204. The van der Waals surface area contributed by atoms with Crippen molar-refractivity contribution in [3.8, 4) is 0 Å². The first kappa shape index (κ1) is 12.8. The van der Waals surface area contributed by atoms with Crippen LogP contribution in [0.4, 0.5) is 4.39 Å². The molecule has 1 heterocycles. The van der Waals surface area contributed by atoms with Crippen LogP contribution in [-0.4, -0.2) is 16.1 Å². The summed E-state index contributed by atoms with van der Waals surface area (Å²) in [6.07, 6.45) is 1.54. The van der Waals surface area contributed by atoms with Crippen molar-refractivity contribution in [1.29, 1.82) is 0 Å². The molecule has 2 rings (SSSR count). The molecule has 0 aliphatic rings. The van der Waals surface area contributed by atoms with Gasteiger partial charge in [-0.2, -0.15) is 0 Å². The number of nitrogens with zero attached hydrogens (tertiary/aromatic N) is 2. The van der Waals surface area contributed by atoms with Gasteiger partial charge in [0.2, 0.25) is 0 Å². The molecule has 0 saturated carbocycles. The summed E-state index contributed by atoms with van der Waals surface area (Å²) in [4.78, 5) is 4.52. The van der Waals surface area contributed by atoms with Crippen LogP contribution in [0, 0.1) is 12.7 Å². The number of rotatable bonds is 4. The highest BCUT2D eigenvalue weighted by atomic mass is 19.1. The smallest absolute Gasteiger partial charge is 0.123 e. The second-order valence-corrected chi connectivity index (χ2v) is 4.46. The van der Waals surface area contributed by atoms with Gasteiger partial charge >= 0.3 is 0 Å². The molecule has 96 valence electrons. The Labute approximate surface area is 106 Å². The minimum absolute atomic E-state index is 0.204. The lowest BCUT2D eigenvalue weighted by Gasteiger charge is -2.06. The molecule has 0 radical (unpaired) electrons. The third-order valence-electron chi connectivity index (χ3n) is 3.16. The fourth-order valence-electron chi connectivity index (χ4n) is 2.13. The van der Waals surface area contributed by atoms with E-state index in [1.54, 1.807) is 0 Å². The molecular formula is C14H18FN3. The van der Waals surface area contributed by atoms with E-state index >= 15 is 0 Å². The molecule has 4 heteroatoms. The number of aryl methyl sites for hydroxylation is 1. The van der Waals surface area contributed by atoms with Gasteiger partial charge in [-0.25, -0.2) is 9.37 Å². The number of halogens is 1. The Hall–Kier alpha value is -1.68. The van der Waals surface area contributed by atoms with Crippen LogP contribution in [-0.2, 0) is 19.9 Å². The Kier molecular flexibility index (Phi) is 3.77. The third-order valence-corrected chi connectivity index (χ3v) is 3.16. The van der Waals surface area contributed by atoms with Crippen molar-refractivity contribution in [3.63, 3.8) is 0 Å². The first-order valence-electron chi connectivity index (χ1n) is 6.07. The van der Waals surface area contributed by atoms with E-state index in [1.165, 1.54) is 12.1 Å². The molecule has 0 bridgehead atoms. The lowest BCUT2D eigenvalue weighted by Crippen LogP contribution is -2.09. The van der Waals surface area contributed by atoms with Gasteiger partial charge in [0.1, 0.15) is 11.6 Å². The van der Waals surface area contributed by atoms with Crippen LogP contribution in [0.25, 0.3) is 0 Å². The van der Waals surface area contributed by atoms with Gasteiger partial charge < -0.3 is 10.3 Å². The molecule has 18 heavy (non-hydrogen) atoms. The number of hydrogen-bond donors (Lipinski definition) is 1. The number of hydrogen-bond acceptors (Lipinski definition) is 2. The fraction of sp³-hybridized carbons (Fsp3) is 0.357. The molecule has 0 aliphatic heterocycles. The van der Waals surface area contributed by atoms with Gasteiger partial charge in [0.15, 0.2) is 0 Å². The van der Waals surface area contributed by atoms with E-state index in [0.29, 0.717) is 6.54 Å². The standard InChI is InChI=1S/C14H18FN3/c1-10-13(18(2)14(17-10)7-8-16)9-11-3-5-12(15)6-4-11/h3-6H,7-9,16H2,1-2H3. The quantitative estimate of drug-likeness (QED) is 0.897. The van der Waals surface area contributed by atoms with Crippen LogP contribution in [0.2, 0.25) is 0 Å². The molecule has 0 amide bonds. The summed E-state index contributed by atoms with van der Waals surface area (Å²) in [6.45, 7) is 2.60. The fourth-order valence-corrected chi connectivity index (χ4v) is 2.13. The maximum Gasteiger partial charge on any atom is 0.123 e. The van der Waals surface area contributed by atoms with Crippen LogP contribution in [0.1, 0.15) is 22.8 Å². The Morgan fingerprint density at radius 2 is 1.94 bits per heavy atom. The largest absolute Gasteiger partial charge is 0.334 e. The maximum absolute atomic E-state index is 12.9. The number of aromatic nitrogens is 2. The molecule has 0 atom stereocenters. The van der Waals surface area contributed by atoms with Crippen molar-refractivity contribution >= 4 is 0 Å². The van der Waals surface area contributed by atoms with Gasteiger partial charge in [-0.3, -0.25) is 0 Å². The number of nitrogens with two attached hydrogens (primary N) is 1. The van der Waals surface area contributed by atoms with Crippen molar-refractivity contribution in [2.75, 3.05) is 6.54 Å². The average molecular weight is 247 g/mol. The van der Waals surface area contributed by atoms with Crippen molar-refractivity contribution in [1.82, 2.24) is 9.55 Å². The van der Waals surface area contributed by atoms with Gasteiger partial charge in [-0.1, -0.05) is 12.1 Å². The van der Waals surface area contributed by atoms with E-state index in [4.69, 9.17) is 5.73 Å². The van der Waals surface area contributed by atoms with Crippen LogP contribution in [0.15, 0.2) is 24.3 Å². The zero-order chi connectivity index (χ0) is 13.1. The van der Waals surface area contributed by atoms with E-state index < -0.39 is 0 Å². The summed E-state index contributed by atoms with van der Waals surface area (Å²) in [7, 11) is 2.00. The number of imidazole rings is 1. The summed E-state index contributed by atoms with van der Waals surface area (Å²) in [5, 5.41) is 0. The van der Waals surface area contributed by atoms with E-state index in [0.717, 1.165) is 35.6 Å². The molecule has 3 nitrogen and oxygen atoms in total. The summed E-state index contributed by atoms with van der Waals surface area (Å²) in [5.74, 6) is 0.802. The van der Waals surface area contributed by atoms with Gasteiger partial charge in [0, 0.05) is 25.6 Å². The molecule has 2 N–H and O–H groups in total. The highest BCUT2D eigenvalue weighted by molar-refractivity contribution is 5.26. The lowest BCUT2D eigenvalue weighted by atomic mass is 10.1. The summed E-state index contributed by atoms with van der Waals surface area (Å²) in [5.41, 5.74) is 8.82. The third kappa shape index (κ3) is 2.59. The Morgan fingerprint density at radius 1 is 1.28 bits per heavy atom. The van der Waals surface area contributed by atoms with E-state index in [9.17, 15) is 4.39 Å². The van der Waals surface area contributed by atoms with Crippen molar-refractivity contribution in [2.45, 2.75) is 19.8 Å². The first-order valence-corrected chi connectivity index (χ1v) is 6.07. The lowest BCUT2D eigenvalue weighted by molar-refractivity contribution is 0.627.